The number of benzene rings is 1. The molecule has 2 aromatic rings. The second kappa shape index (κ2) is 10.4. The first kappa shape index (κ1) is 27.6. The van der Waals surface area contributed by atoms with Crippen molar-refractivity contribution in [2.75, 3.05) is 24.5 Å². The first-order valence-corrected chi connectivity index (χ1v) is 13.5. The summed E-state index contributed by atoms with van der Waals surface area (Å²) in [6, 6.07) is 6.44. The molecular weight excluding hydrogens is 466 g/mol. The van der Waals surface area contributed by atoms with Gasteiger partial charge in [0.2, 0.25) is 0 Å². The van der Waals surface area contributed by atoms with Crippen molar-refractivity contribution < 1.29 is 19.7 Å². The molecule has 7 heteroatoms. The Hall–Kier alpha value is -2.48. The lowest BCUT2D eigenvalue weighted by Gasteiger charge is -2.41. The van der Waals surface area contributed by atoms with Gasteiger partial charge >= 0.3 is 5.97 Å². The molecule has 0 saturated carbocycles. The van der Waals surface area contributed by atoms with Crippen LogP contribution in [0.5, 0.6) is 0 Å². The highest BCUT2D eigenvalue weighted by molar-refractivity contribution is 5.88. The van der Waals surface area contributed by atoms with Gasteiger partial charge in [-0.25, -0.2) is 4.79 Å². The minimum atomic E-state index is -1.18. The molecule has 0 spiro atoms. The molecule has 0 radical (unpaired) electrons. The third kappa shape index (κ3) is 6.00. The zero-order valence-electron chi connectivity index (χ0n) is 23.4. The fourth-order valence-electron chi connectivity index (χ4n) is 5.51. The topological polar surface area (TPSA) is 94.9 Å². The average molecular weight is 510 g/mol. The summed E-state index contributed by atoms with van der Waals surface area (Å²) in [4.78, 5) is 19.8. The maximum Gasteiger partial charge on any atom is 0.337 e. The van der Waals surface area contributed by atoms with Gasteiger partial charge in [-0.2, -0.15) is 0 Å². The number of anilines is 1. The van der Waals surface area contributed by atoms with Crippen molar-refractivity contribution in [3.05, 3.63) is 46.3 Å². The van der Waals surface area contributed by atoms with Gasteiger partial charge in [-0.3, -0.25) is 4.98 Å². The molecule has 2 aliphatic rings. The van der Waals surface area contributed by atoms with E-state index in [2.05, 4.69) is 42.3 Å². The van der Waals surface area contributed by atoms with Crippen molar-refractivity contribution in [2.24, 2.45) is 5.41 Å². The number of aliphatic hydroxyl groups excluding tert-OH is 1. The number of ether oxygens (including phenoxy) is 1. The molecule has 0 amide bonds. The summed E-state index contributed by atoms with van der Waals surface area (Å²) in [6.45, 7) is 17.1. The number of carboxylic acid groups (broad SMARTS) is 1. The Morgan fingerprint density at radius 1 is 1.19 bits per heavy atom. The SMILES string of the molecule is Cc1nc(C(C)O)c(-c2ccc3c(c2)CCNC3)c(N2CCC(C)(C)CC2)c1C(OC(C)(C)C)C(=O)O. The minimum Gasteiger partial charge on any atom is -0.479 e. The van der Waals surface area contributed by atoms with E-state index in [0.29, 0.717) is 17.0 Å². The van der Waals surface area contributed by atoms with Crippen molar-refractivity contribution in [1.29, 1.82) is 0 Å². The zero-order valence-corrected chi connectivity index (χ0v) is 23.4. The number of rotatable bonds is 6. The highest BCUT2D eigenvalue weighted by atomic mass is 16.5. The monoisotopic (exact) mass is 509 g/mol. The lowest BCUT2D eigenvalue weighted by molar-refractivity contribution is -0.160. The van der Waals surface area contributed by atoms with Crippen molar-refractivity contribution in [3.63, 3.8) is 0 Å². The highest BCUT2D eigenvalue weighted by Gasteiger charge is 2.37. The normalized spacial score (nSPS) is 19.3. The molecule has 2 atom stereocenters. The second-order valence-electron chi connectivity index (χ2n) is 12.4. The summed E-state index contributed by atoms with van der Waals surface area (Å²) in [6.07, 6.45) is 0.918. The van der Waals surface area contributed by atoms with Crippen molar-refractivity contribution in [3.8, 4) is 11.1 Å². The third-order valence-corrected chi connectivity index (χ3v) is 7.59. The van der Waals surface area contributed by atoms with Gasteiger partial charge in [0.05, 0.1) is 23.1 Å². The molecule has 2 aliphatic heterocycles. The molecule has 4 rings (SSSR count). The number of aryl methyl sites for hydroxylation is 1. The Labute approximate surface area is 221 Å². The lowest BCUT2D eigenvalue weighted by Crippen LogP contribution is -2.39. The van der Waals surface area contributed by atoms with Crippen LogP contribution in [0.15, 0.2) is 18.2 Å². The predicted octanol–water partition coefficient (Wildman–Crippen LogP) is 5.32. The summed E-state index contributed by atoms with van der Waals surface area (Å²) in [5, 5.41) is 24.7. The number of carboxylic acids is 1. The number of pyridine rings is 1. The maximum absolute atomic E-state index is 12.7. The second-order valence-corrected chi connectivity index (χ2v) is 12.4. The Bertz CT molecular complexity index is 1160. The lowest BCUT2D eigenvalue weighted by atomic mass is 9.81. The number of aromatic nitrogens is 1. The van der Waals surface area contributed by atoms with Gasteiger partial charge in [0.1, 0.15) is 0 Å². The van der Waals surface area contributed by atoms with Gasteiger partial charge < -0.3 is 25.2 Å². The van der Waals surface area contributed by atoms with E-state index in [4.69, 9.17) is 9.72 Å². The van der Waals surface area contributed by atoms with Crippen LogP contribution >= 0.6 is 0 Å². The molecular formula is C30H43N3O4. The zero-order chi connectivity index (χ0) is 27.1. The molecule has 0 bridgehead atoms. The van der Waals surface area contributed by atoms with Crippen LogP contribution in [0, 0.1) is 12.3 Å². The first-order chi connectivity index (χ1) is 17.3. The Balaban J connectivity index is 2.02. The van der Waals surface area contributed by atoms with E-state index in [0.717, 1.165) is 62.3 Å². The smallest absolute Gasteiger partial charge is 0.337 e. The fourth-order valence-corrected chi connectivity index (χ4v) is 5.51. The van der Waals surface area contributed by atoms with Crippen LogP contribution in [0.4, 0.5) is 5.69 Å². The van der Waals surface area contributed by atoms with E-state index in [1.807, 2.05) is 27.7 Å². The van der Waals surface area contributed by atoms with E-state index in [9.17, 15) is 15.0 Å². The highest BCUT2D eigenvalue weighted by Crippen LogP contribution is 2.46. The molecule has 1 aromatic carbocycles. The molecule has 2 unspecified atom stereocenters. The number of aliphatic carboxylic acids is 1. The van der Waals surface area contributed by atoms with Gasteiger partial charge in [-0.1, -0.05) is 32.0 Å². The Kier molecular flexibility index (Phi) is 7.71. The summed E-state index contributed by atoms with van der Waals surface area (Å²) in [7, 11) is 0. The van der Waals surface area contributed by atoms with Crippen LogP contribution < -0.4 is 10.2 Å². The summed E-state index contributed by atoms with van der Waals surface area (Å²) in [5.41, 5.74) is 6.47. The Morgan fingerprint density at radius 3 is 2.46 bits per heavy atom. The van der Waals surface area contributed by atoms with Crippen molar-refractivity contribution >= 4 is 11.7 Å². The quantitative estimate of drug-likeness (QED) is 0.485. The molecule has 3 heterocycles. The number of hydrogen-bond acceptors (Lipinski definition) is 6. The first-order valence-electron chi connectivity index (χ1n) is 13.5. The molecule has 202 valence electrons. The molecule has 0 aliphatic carbocycles. The number of nitrogens with one attached hydrogen (secondary N) is 1. The molecule has 1 saturated heterocycles. The van der Waals surface area contributed by atoms with Crippen LogP contribution in [0.2, 0.25) is 0 Å². The van der Waals surface area contributed by atoms with Crippen LogP contribution in [0.1, 0.15) is 94.7 Å². The van der Waals surface area contributed by atoms with Gasteiger partial charge in [0.15, 0.2) is 6.10 Å². The van der Waals surface area contributed by atoms with Gasteiger partial charge in [-0.15, -0.1) is 0 Å². The van der Waals surface area contributed by atoms with E-state index < -0.39 is 23.8 Å². The largest absolute Gasteiger partial charge is 0.479 e. The van der Waals surface area contributed by atoms with Crippen LogP contribution in [0.25, 0.3) is 11.1 Å². The minimum absolute atomic E-state index is 0.221. The van der Waals surface area contributed by atoms with E-state index in [1.165, 1.54) is 11.1 Å². The molecule has 3 N–H and O–H groups in total. The predicted molar refractivity (Wildman–Crippen MR) is 147 cm³/mol. The number of hydrogen-bond donors (Lipinski definition) is 3. The van der Waals surface area contributed by atoms with Crippen LogP contribution in [-0.4, -0.2) is 46.4 Å². The summed E-state index contributed by atoms with van der Waals surface area (Å²) in [5.74, 6) is -1.04. The van der Waals surface area contributed by atoms with E-state index in [-0.39, 0.29) is 5.41 Å². The van der Waals surface area contributed by atoms with Crippen molar-refractivity contribution in [2.45, 2.75) is 92.1 Å². The maximum atomic E-state index is 12.7. The fraction of sp³-hybridized carbons (Fsp3) is 0.600. The van der Waals surface area contributed by atoms with Crippen LogP contribution in [0.3, 0.4) is 0 Å². The van der Waals surface area contributed by atoms with Gasteiger partial charge in [0, 0.05) is 36.5 Å². The third-order valence-electron chi connectivity index (χ3n) is 7.59. The number of nitrogens with zero attached hydrogens (tertiary/aromatic N) is 2. The summed E-state index contributed by atoms with van der Waals surface area (Å²) < 4.78 is 6.18. The number of aliphatic hydroxyl groups is 1. The van der Waals surface area contributed by atoms with E-state index >= 15 is 0 Å². The van der Waals surface area contributed by atoms with Gasteiger partial charge in [-0.05, 0) is 82.5 Å². The number of piperidine rings is 1. The molecule has 1 fully saturated rings. The summed E-state index contributed by atoms with van der Waals surface area (Å²) >= 11 is 0. The number of fused-ring (bicyclic) bond motifs is 1. The number of carbonyl (C=O) groups is 1. The standard InChI is InChI=1S/C30H43N3O4/c1-18-23(27(28(35)36)37-29(3,4)5)26(33-14-11-30(6,7)12-15-33)24(25(32-18)19(2)34)21-8-9-22-17-31-13-10-20(22)16-21/h8-9,16,19,27,31,34H,10-15,17H2,1-7H3,(H,35,36). The van der Waals surface area contributed by atoms with Gasteiger partial charge in [0.25, 0.3) is 0 Å². The van der Waals surface area contributed by atoms with E-state index in [1.54, 1.807) is 6.92 Å². The molecule has 37 heavy (non-hydrogen) atoms. The average Bonchev–Trinajstić information content (AvgIpc) is 2.81. The van der Waals surface area contributed by atoms with Crippen molar-refractivity contribution in [1.82, 2.24) is 10.3 Å². The Morgan fingerprint density at radius 2 is 1.86 bits per heavy atom. The molecule has 1 aromatic heterocycles. The molecule has 7 nitrogen and oxygen atoms in total. The van der Waals surface area contributed by atoms with Crippen LogP contribution in [-0.2, 0) is 22.5 Å².